The van der Waals surface area contributed by atoms with E-state index in [-0.39, 0.29) is 18.5 Å². The monoisotopic (exact) mass is 279 g/mol. The lowest BCUT2D eigenvalue weighted by Crippen LogP contribution is -2.40. The summed E-state index contributed by atoms with van der Waals surface area (Å²) < 4.78 is 19.5. The van der Waals surface area contributed by atoms with Gasteiger partial charge >= 0.3 is 6.09 Å². The largest absolute Gasteiger partial charge is 0.444 e. The maximum Gasteiger partial charge on any atom is 0.410 e. The third-order valence-electron chi connectivity index (χ3n) is 3.67. The van der Waals surface area contributed by atoms with E-state index in [1.807, 2.05) is 34.6 Å². The van der Waals surface area contributed by atoms with Crippen LogP contribution in [-0.4, -0.2) is 23.1 Å². The smallest absolute Gasteiger partial charge is 0.410 e. The van der Waals surface area contributed by atoms with E-state index in [4.69, 9.17) is 4.74 Å². The standard InChI is InChI=1S/C16H22FNO2/c1-10-8-14(17)13-9-18(7-6-12(13)11(10)2)15(19)20-16(3,4)5/h8H,6-7,9H2,1-5H3. The summed E-state index contributed by atoms with van der Waals surface area (Å²) in [5, 5.41) is 0. The molecule has 0 bridgehead atoms. The minimum atomic E-state index is -0.529. The van der Waals surface area contributed by atoms with E-state index >= 15 is 0 Å². The van der Waals surface area contributed by atoms with Crippen LogP contribution in [0.15, 0.2) is 6.07 Å². The van der Waals surface area contributed by atoms with Crippen LogP contribution < -0.4 is 0 Å². The lowest BCUT2D eigenvalue weighted by atomic mass is 9.92. The second-order valence-corrected chi connectivity index (χ2v) is 6.41. The number of amides is 1. The average Bonchev–Trinajstić information content (AvgIpc) is 2.33. The summed E-state index contributed by atoms with van der Waals surface area (Å²) >= 11 is 0. The number of ether oxygens (including phenoxy) is 1. The van der Waals surface area contributed by atoms with Gasteiger partial charge in [-0.05, 0) is 63.8 Å². The summed E-state index contributed by atoms with van der Waals surface area (Å²) in [7, 11) is 0. The van der Waals surface area contributed by atoms with Gasteiger partial charge in [0.05, 0.1) is 6.54 Å². The first-order valence-electron chi connectivity index (χ1n) is 6.94. The van der Waals surface area contributed by atoms with Crippen LogP contribution in [0.2, 0.25) is 0 Å². The fraction of sp³-hybridized carbons (Fsp3) is 0.562. The number of benzene rings is 1. The van der Waals surface area contributed by atoms with Crippen molar-refractivity contribution >= 4 is 6.09 Å². The normalized spacial score (nSPS) is 15.0. The van der Waals surface area contributed by atoms with Crippen LogP contribution in [0.1, 0.15) is 43.0 Å². The molecule has 4 heteroatoms. The van der Waals surface area contributed by atoms with Crippen molar-refractivity contribution in [2.24, 2.45) is 0 Å². The van der Waals surface area contributed by atoms with Crippen molar-refractivity contribution in [2.75, 3.05) is 6.54 Å². The zero-order valence-corrected chi connectivity index (χ0v) is 12.8. The third-order valence-corrected chi connectivity index (χ3v) is 3.67. The maximum absolute atomic E-state index is 14.1. The van der Waals surface area contributed by atoms with Crippen molar-refractivity contribution in [3.8, 4) is 0 Å². The van der Waals surface area contributed by atoms with Gasteiger partial charge in [0, 0.05) is 12.1 Å². The van der Waals surface area contributed by atoms with E-state index in [1.54, 1.807) is 11.0 Å². The van der Waals surface area contributed by atoms with Gasteiger partial charge in [-0.3, -0.25) is 0 Å². The van der Waals surface area contributed by atoms with E-state index in [1.165, 1.54) is 0 Å². The number of halogens is 1. The Morgan fingerprint density at radius 3 is 2.55 bits per heavy atom. The van der Waals surface area contributed by atoms with Crippen LogP contribution in [0.4, 0.5) is 9.18 Å². The molecule has 1 amide bonds. The SMILES string of the molecule is Cc1cc(F)c2c(c1C)CCN(C(=O)OC(C)(C)C)C2. The van der Waals surface area contributed by atoms with Crippen molar-refractivity contribution in [1.82, 2.24) is 4.90 Å². The molecule has 0 radical (unpaired) electrons. The predicted octanol–water partition coefficient (Wildman–Crippen LogP) is 3.74. The molecule has 0 saturated heterocycles. The molecule has 0 aliphatic carbocycles. The van der Waals surface area contributed by atoms with E-state index in [2.05, 4.69) is 0 Å². The van der Waals surface area contributed by atoms with Crippen molar-refractivity contribution in [3.05, 3.63) is 34.1 Å². The first-order chi connectivity index (χ1) is 9.19. The van der Waals surface area contributed by atoms with Crippen LogP contribution in [-0.2, 0) is 17.7 Å². The molecule has 20 heavy (non-hydrogen) atoms. The molecule has 1 aromatic rings. The Bertz CT molecular complexity index is 546. The average molecular weight is 279 g/mol. The highest BCUT2D eigenvalue weighted by molar-refractivity contribution is 5.69. The second-order valence-electron chi connectivity index (χ2n) is 6.41. The highest BCUT2D eigenvalue weighted by Crippen LogP contribution is 2.28. The van der Waals surface area contributed by atoms with Crippen LogP contribution in [0.3, 0.4) is 0 Å². The molecule has 3 nitrogen and oxygen atoms in total. The Labute approximate surface area is 119 Å². The quantitative estimate of drug-likeness (QED) is 0.724. The lowest BCUT2D eigenvalue weighted by molar-refractivity contribution is 0.0221. The molecule has 0 fully saturated rings. The van der Waals surface area contributed by atoms with Crippen molar-refractivity contribution in [2.45, 2.75) is 53.2 Å². The zero-order chi connectivity index (χ0) is 15.1. The molecule has 110 valence electrons. The van der Waals surface area contributed by atoms with E-state index in [0.717, 1.165) is 16.7 Å². The van der Waals surface area contributed by atoms with Crippen molar-refractivity contribution in [1.29, 1.82) is 0 Å². The molecule has 1 aromatic carbocycles. The van der Waals surface area contributed by atoms with Crippen LogP contribution >= 0.6 is 0 Å². The van der Waals surface area contributed by atoms with Crippen LogP contribution in [0.5, 0.6) is 0 Å². The van der Waals surface area contributed by atoms with E-state index in [9.17, 15) is 9.18 Å². The Balaban J connectivity index is 2.24. The summed E-state index contributed by atoms with van der Waals surface area (Å²) in [4.78, 5) is 13.6. The first-order valence-corrected chi connectivity index (χ1v) is 6.94. The molecule has 0 atom stereocenters. The number of hydrogen-bond acceptors (Lipinski definition) is 2. The first kappa shape index (κ1) is 14.8. The number of nitrogens with zero attached hydrogens (tertiary/aromatic N) is 1. The van der Waals surface area contributed by atoms with Gasteiger partial charge < -0.3 is 9.64 Å². The molecule has 0 saturated carbocycles. The van der Waals surface area contributed by atoms with Gasteiger partial charge in [0.15, 0.2) is 0 Å². The Morgan fingerprint density at radius 2 is 1.95 bits per heavy atom. The molecule has 0 spiro atoms. The highest BCUT2D eigenvalue weighted by atomic mass is 19.1. The highest BCUT2D eigenvalue weighted by Gasteiger charge is 2.28. The Hall–Kier alpha value is -1.58. The maximum atomic E-state index is 14.1. The molecule has 0 N–H and O–H groups in total. The molecular weight excluding hydrogens is 257 g/mol. The summed E-state index contributed by atoms with van der Waals surface area (Å²) in [6.07, 6.45) is 0.305. The Morgan fingerprint density at radius 1 is 1.30 bits per heavy atom. The van der Waals surface area contributed by atoms with Gasteiger partial charge in [-0.15, -0.1) is 0 Å². The van der Waals surface area contributed by atoms with Gasteiger partial charge in [0.2, 0.25) is 0 Å². The van der Waals surface area contributed by atoms with Crippen molar-refractivity contribution in [3.63, 3.8) is 0 Å². The topological polar surface area (TPSA) is 29.5 Å². The summed E-state index contributed by atoms with van der Waals surface area (Å²) in [5.41, 5.74) is 3.24. The van der Waals surface area contributed by atoms with Gasteiger partial charge in [-0.1, -0.05) is 0 Å². The van der Waals surface area contributed by atoms with Crippen LogP contribution in [0, 0.1) is 19.7 Å². The minimum absolute atomic E-state index is 0.226. The van der Waals surface area contributed by atoms with E-state index in [0.29, 0.717) is 18.5 Å². The van der Waals surface area contributed by atoms with E-state index < -0.39 is 5.60 Å². The number of carbonyl (C=O) groups excluding carboxylic acids is 1. The number of rotatable bonds is 0. The van der Waals surface area contributed by atoms with Crippen molar-refractivity contribution < 1.29 is 13.9 Å². The lowest BCUT2D eigenvalue weighted by Gasteiger charge is -2.32. The Kier molecular flexibility index (Phi) is 3.76. The molecule has 1 aliphatic heterocycles. The van der Waals surface area contributed by atoms with Gasteiger partial charge in [-0.25, -0.2) is 9.18 Å². The predicted molar refractivity (Wildman–Crippen MR) is 76.2 cm³/mol. The third kappa shape index (κ3) is 2.94. The summed E-state index contributed by atoms with van der Waals surface area (Å²) in [5.74, 6) is -0.226. The molecule has 1 aliphatic rings. The zero-order valence-electron chi connectivity index (χ0n) is 12.8. The second kappa shape index (κ2) is 5.08. The van der Waals surface area contributed by atoms with Gasteiger partial charge in [0.1, 0.15) is 11.4 Å². The fourth-order valence-electron chi connectivity index (χ4n) is 2.50. The minimum Gasteiger partial charge on any atom is -0.444 e. The van der Waals surface area contributed by atoms with Gasteiger partial charge in [0.25, 0.3) is 0 Å². The number of carbonyl (C=O) groups is 1. The van der Waals surface area contributed by atoms with Crippen LogP contribution in [0.25, 0.3) is 0 Å². The van der Waals surface area contributed by atoms with Gasteiger partial charge in [-0.2, -0.15) is 0 Å². The molecular formula is C16H22FNO2. The number of aryl methyl sites for hydroxylation is 1. The molecule has 0 aromatic heterocycles. The fourth-order valence-corrected chi connectivity index (χ4v) is 2.50. The number of fused-ring (bicyclic) bond motifs is 1. The summed E-state index contributed by atoms with van der Waals surface area (Å²) in [6.45, 7) is 10.3. The summed E-state index contributed by atoms with van der Waals surface area (Å²) in [6, 6.07) is 1.55. The molecule has 1 heterocycles. The molecule has 0 unspecified atom stereocenters. The number of hydrogen-bond donors (Lipinski definition) is 0. The molecule has 2 rings (SSSR count).